The number of sulfonamides is 1. The van der Waals surface area contributed by atoms with E-state index in [9.17, 15) is 13.2 Å². The topological polar surface area (TPSA) is 72.5 Å². The average molecular weight is 370 g/mol. The van der Waals surface area contributed by atoms with Crippen molar-refractivity contribution in [2.75, 3.05) is 7.11 Å². The minimum Gasteiger partial charge on any atom is -0.468 e. The molecule has 0 aliphatic heterocycles. The minimum atomic E-state index is -3.76. The summed E-state index contributed by atoms with van der Waals surface area (Å²) in [4.78, 5) is 11.8. The number of halogens is 1. The molecule has 0 amide bonds. The first kappa shape index (κ1) is 16.6. The van der Waals surface area contributed by atoms with Gasteiger partial charge in [-0.05, 0) is 40.7 Å². The molecular weight excluding hydrogens is 354 g/mol. The quantitative estimate of drug-likeness (QED) is 0.781. The second-order valence-electron chi connectivity index (χ2n) is 4.24. The van der Waals surface area contributed by atoms with Crippen molar-refractivity contribution in [3.63, 3.8) is 0 Å². The molecule has 0 saturated heterocycles. The number of hydrogen-bond acceptors (Lipinski definition) is 5. The number of nitrogens with one attached hydrogen (secondary N) is 1. The highest BCUT2D eigenvalue weighted by Gasteiger charge is 2.38. The van der Waals surface area contributed by atoms with Gasteiger partial charge in [-0.25, -0.2) is 8.42 Å². The van der Waals surface area contributed by atoms with Crippen LogP contribution in [-0.2, 0) is 19.6 Å². The van der Waals surface area contributed by atoms with Crippen LogP contribution in [0.2, 0.25) is 0 Å². The molecule has 8 heteroatoms. The molecule has 1 atom stereocenters. The smallest absolute Gasteiger partial charge is 0.326 e. The molecule has 0 aliphatic carbocycles. The van der Waals surface area contributed by atoms with Gasteiger partial charge in [-0.2, -0.15) is 4.72 Å². The lowest BCUT2D eigenvalue weighted by molar-refractivity contribution is -0.147. The number of rotatable bonds is 6. The summed E-state index contributed by atoms with van der Waals surface area (Å²) < 4.78 is 32.3. The molecule has 0 aliphatic rings. The van der Waals surface area contributed by atoms with Crippen molar-refractivity contribution in [3.05, 3.63) is 15.9 Å². The zero-order valence-corrected chi connectivity index (χ0v) is 14.1. The van der Waals surface area contributed by atoms with Gasteiger partial charge in [-0.3, -0.25) is 4.79 Å². The molecule has 0 radical (unpaired) electrons. The van der Waals surface area contributed by atoms with E-state index in [0.29, 0.717) is 17.3 Å². The molecule has 1 N–H and O–H groups in total. The summed E-state index contributed by atoms with van der Waals surface area (Å²) in [5.41, 5.74) is -1.26. The van der Waals surface area contributed by atoms with E-state index in [2.05, 4.69) is 25.4 Å². The van der Waals surface area contributed by atoms with Crippen molar-refractivity contribution in [3.8, 4) is 0 Å². The molecule has 1 aromatic heterocycles. The van der Waals surface area contributed by atoms with Gasteiger partial charge >= 0.3 is 5.97 Å². The van der Waals surface area contributed by atoms with Crippen LogP contribution in [0, 0.1) is 0 Å². The molecular formula is C11H16BrNO4S2. The lowest BCUT2D eigenvalue weighted by Crippen LogP contribution is -2.52. The van der Waals surface area contributed by atoms with Crippen LogP contribution >= 0.6 is 27.3 Å². The zero-order valence-electron chi connectivity index (χ0n) is 10.9. The number of ether oxygens (including phenoxy) is 1. The molecule has 19 heavy (non-hydrogen) atoms. The fraction of sp³-hybridized carbons (Fsp3) is 0.545. The normalized spacial score (nSPS) is 14.9. The number of methoxy groups -OCH3 is 1. The summed E-state index contributed by atoms with van der Waals surface area (Å²) in [5.74, 6) is -0.592. The number of hydrogen-bond donors (Lipinski definition) is 1. The van der Waals surface area contributed by atoms with E-state index in [4.69, 9.17) is 0 Å². The van der Waals surface area contributed by atoms with Crippen molar-refractivity contribution in [1.29, 1.82) is 0 Å². The molecule has 0 saturated carbocycles. The van der Waals surface area contributed by atoms with E-state index in [1.165, 1.54) is 14.0 Å². The third kappa shape index (κ3) is 3.77. The maximum Gasteiger partial charge on any atom is 0.326 e. The van der Waals surface area contributed by atoms with Gasteiger partial charge in [-0.15, -0.1) is 11.3 Å². The molecule has 108 valence electrons. The first-order valence-electron chi connectivity index (χ1n) is 5.62. The lowest BCUT2D eigenvalue weighted by Gasteiger charge is -2.26. The highest BCUT2D eigenvalue weighted by molar-refractivity contribution is 9.10. The van der Waals surface area contributed by atoms with Crippen molar-refractivity contribution < 1.29 is 17.9 Å². The van der Waals surface area contributed by atoms with Gasteiger partial charge in [0, 0.05) is 4.47 Å². The number of esters is 1. The van der Waals surface area contributed by atoms with Gasteiger partial charge in [0.15, 0.2) is 0 Å². The summed E-state index contributed by atoms with van der Waals surface area (Å²) >= 11 is 4.26. The fourth-order valence-corrected chi connectivity index (χ4v) is 5.46. The summed E-state index contributed by atoms with van der Waals surface area (Å²) in [5, 5.41) is 1.66. The van der Waals surface area contributed by atoms with Crippen LogP contribution in [0.4, 0.5) is 0 Å². The van der Waals surface area contributed by atoms with E-state index in [-0.39, 0.29) is 4.21 Å². The first-order chi connectivity index (χ1) is 8.77. The maximum atomic E-state index is 12.3. The van der Waals surface area contributed by atoms with Gasteiger partial charge < -0.3 is 4.74 Å². The van der Waals surface area contributed by atoms with Gasteiger partial charge in [0.05, 0.1) is 7.11 Å². The maximum absolute atomic E-state index is 12.3. The van der Waals surface area contributed by atoms with Crippen LogP contribution in [0.1, 0.15) is 26.7 Å². The van der Waals surface area contributed by atoms with E-state index in [0.717, 1.165) is 11.3 Å². The Hall–Kier alpha value is -0.440. The lowest BCUT2D eigenvalue weighted by atomic mass is 9.98. The molecule has 0 aromatic carbocycles. The van der Waals surface area contributed by atoms with Crippen LogP contribution in [-0.4, -0.2) is 27.0 Å². The molecule has 5 nitrogen and oxygen atoms in total. The van der Waals surface area contributed by atoms with Gasteiger partial charge in [0.2, 0.25) is 0 Å². The van der Waals surface area contributed by atoms with Crippen LogP contribution in [0.15, 0.2) is 20.1 Å². The Balaban J connectivity index is 3.10. The van der Waals surface area contributed by atoms with Crippen molar-refractivity contribution in [1.82, 2.24) is 4.72 Å². The summed E-state index contributed by atoms with van der Waals surface area (Å²) in [7, 11) is -2.52. The zero-order chi connectivity index (χ0) is 14.7. The molecule has 1 rings (SSSR count). The Kier molecular flexibility index (Phi) is 5.54. The van der Waals surface area contributed by atoms with Gasteiger partial charge in [0.25, 0.3) is 10.0 Å². The van der Waals surface area contributed by atoms with Crippen molar-refractivity contribution in [2.24, 2.45) is 0 Å². The van der Waals surface area contributed by atoms with E-state index in [1.807, 2.05) is 6.92 Å². The monoisotopic (exact) mass is 369 g/mol. The Morgan fingerprint density at radius 3 is 2.63 bits per heavy atom. The van der Waals surface area contributed by atoms with Crippen LogP contribution in [0.3, 0.4) is 0 Å². The number of carbonyl (C=O) groups excluding carboxylic acids is 1. The minimum absolute atomic E-state index is 0.152. The molecule has 1 unspecified atom stereocenters. The van der Waals surface area contributed by atoms with Gasteiger partial charge in [-0.1, -0.05) is 13.3 Å². The summed E-state index contributed by atoms with van der Waals surface area (Å²) in [6, 6.07) is 1.65. The van der Waals surface area contributed by atoms with Crippen molar-refractivity contribution in [2.45, 2.75) is 36.4 Å². The van der Waals surface area contributed by atoms with E-state index >= 15 is 0 Å². The molecule has 0 bridgehead atoms. The molecule has 1 heterocycles. The van der Waals surface area contributed by atoms with Crippen LogP contribution in [0.25, 0.3) is 0 Å². The molecule has 1 aromatic rings. The standard InChI is InChI=1S/C11H16BrNO4S2/c1-4-6-11(2,10(14)17-3)13-19(15,16)9-8(12)5-7-18-9/h5,7,13H,4,6H2,1-3H3. The summed E-state index contributed by atoms with van der Waals surface area (Å²) in [6.07, 6.45) is 1.02. The molecule has 0 spiro atoms. The first-order valence-corrected chi connectivity index (χ1v) is 8.78. The predicted octanol–water partition coefficient (Wildman–Crippen LogP) is 2.52. The average Bonchev–Trinajstić information content (AvgIpc) is 2.74. The van der Waals surface area contributed by atoms with E-state index < -0.39 is 21.5 Å². The largest absolute Gasteiger partial charge is 0.468 e. The summed E-state index contributed by atoms with van der Waals surface area (Å²) in [6.45, 7) is 3.40. The Morgan fingerprint density at radius 2 is 2.21 bits per heavy atom. The van der Waals surface area contributed by atoms with E-state index in [1.54, 1.807) is 11.4 Å². The Morgan fingerprint density at radius 1 is 1.58 bits per heavy atom. The predicted molar refractivity (Wildman–Crippen MR) is 77.7 cm³/mol. The SMILES string of the molecule is CCCC(C)(NS(=O)(=O)c1sccc1Br)C(=O)OC. The Bertz CT molecular complexity index is 555. The number of thiophene rings is 1. The Labute approximate surface area is 125 Å². The van der Waals surface area contributed by atoms with Gasteiger partial charge in [0.1, 0.15) is 9.75 Å². The fourth-order valence-electron chi connectivity index (χ4n) is 1.73. The third-order valence-corrected chi connectivity index (χ3v) is 6.84. The highest BCUT2D eigenvalue weighted by Crippen LogP contribution is 2.29. The van der Waals surface area contributed by atoms with Crippen LogP contribution in [0.5, 0.6) is 0 Å². The second kappa shape index (κ2) is 6.34. The third-order valence-electron chi connectivity index (χ3n) is 2.57. The van der Waals surface area contributed by atoms with Crippen LogP contribution < -0.4 is 4.72 Å². The second-order valence-corrected chi connectivity index (χ2v) is 7.88. The number of carbonyl (C=O) groups is 1. The molecule has 0 fully saturated rings. The van der Waals surface area contributed by atoms with Crippen molar-refractivity contribution >= 4 is 43.3 Å². The highest BCUT2D eigenvalue weighted by atomic mass is 79.9.